The van der Waals surface area contributed by atoms with E-state index in [0.717, 1.165) is 32.6 Å². The van der Waals surface area contributed by atoms with Gasteiger partial charge in [-0.1, -0.05) is 20.8 Å². The van der Waals surface area contributed by atoms with Crippen LogP contribution in [-0.4, -0.2) is 49.2 Å². The van der Waals surface area contributed by atoms with Crippen molar-refractivity contribution in [2.75, 3.05) is 32.7 Å². The van der Waals surface area contributed by atoms with Gasteiger partial charge >= 0.3 is 5.97 Å². The van der Waals surface area contributed by atoms with E-state index in [9.17, 15) is 4.79 Å². The summed E-state index contributed by atoms with van der Waals surface area (Å²) in [6, 6.07) is 0. The third kappa shape index (κ3) is 9.91. The molecule has 4 heteroatoms. The number of nitrogens with zero attached hydrogens (tertiary/aromatic N) is 1. The van der Waals surface area contributed by atoms with Gasteiger partial charge in [-0.25, -0.2) is 0 Å². The average molecular weight is 272 g/mol. The highest BCUT2D eigenvalue weighted by Gasteiger charge is 2.21. The summed E-state index contributed by atoms with van der Waals surface area (Å²) in [5.74, 6) is -0.212. The first kappa shape index (κ1) is 18.4. The SMILES string of the molecule is CCN(CC)CCCNCC(C)C(=O)OC(C)(C)C. The second-order valence-corrected chi connectivity index (χ2v) is 6.02. The molecule has 1 atom stereocenters. The number of nitrogens with one attached hydrogen (secondary N) is 1. The minimum atomic E-state index is -0.395. The third-order valence-electron chi connectivity index (χ3n) is 2.98. The Morgan fingerprint density at radius 1 is 1.26 bits per heavy atom. The van der Waals surface area contributed by atoms with E-state index < -0.39 is 5.60 Å². The Labute approximate surface area is 118 Å². The number of hydrogen-bond donors (Lipinski definition) is 1. The van der Waals surface area contributed by atoms with Crippen LogP contribution in [0.1, 0.15) is 48.0 Å². The van der Waals surface area contributed by atoms with Crippen LogP contribution in [0.25, 0.3) is 0 Å². The van der Waals surface area contributed by atoms with Gasteiger partial charge in [0.05, 0.1) is 5.92 Å². The maximum absolute atomic E-state index is 11.8. The van der Waals surface area contributed by atoms with E-state index >= 15 is 0 Å². The fraction of sp³-hybridized carbons (Fsp3) is 0.933. The van der Waals surface area contributed by atoms with E-state index in [1.807, 2.05) is 27.7 Å². The topological polar surface area (TPSA) is 41.6 Å². The molecular weight excluding hydrogens is 240 g/mol. The van der Waals surface area contributed by atoms with E-state index in [2.05, 4.69) is 24.1 Å². The Hall–Kier alpha value is -0.610. The molecule has 0 radical (unpaired) electrons. The van der Waals surface area contributed by atoms with Crippen LogP contribution < -0.4 is 5.32 Å². The maximum atomic E-state index is 11.8. The van der Waals surface area contributed by atoms with Crippen LogP contribution in [0.4, 0.5) is 0 Å². The maximum Gasteiger partial charge on any atom is 0.310 e. The van der Waals surface area contributed by atoms with Crippen molar-refractivity contribution in [3.05, 3.63) is 0 Å². The normalized spacial score (nSPS) is 13.6. The zero-order valence-electron chi connectivity index (χ0n) is 13.6. The van der Waals surface area contributed by atoms with Crippen molar-refractivity contribution in [2.45, 2.75) is 53.6 Å². The van der Waals surface area contributed by atoms with Gasteiger partial charge in [-0.2, -0.15) is 0 Å². The summed E-state index contributed by atoms with van der Waals surface area (Å²) in [4.78, 5) is 14.2. The highest BCUT2D eigenvalue weighted by atomic mass is 16.6. The van der Waals surface area contributed by atoms with Crippen molar-refractivity contribution in [3.8, 4) is 0 Å². The van der Waals surface area contributed by atoms with E-state index in [4.69, 9.17) is 4.74 Å². The third-order valence-corrected chi connectivity index (χ3v) is 2.98. The van der Waals surface area contributed by atoms with E-state index in [0.29, 0.717) is 6.54 Å². The second-order valence-electron chi connectivity index (χ2n) is 6.02. The molecule has 0 heterocycles. The molecule has 114 valence electrons. The molecule has 0 aliphatic carbocycles. The van der Waals surface area contributed by atoms with Crippen molar-refractivity contribution in [1.82, 2.24) is 10.2 Å². The summed E-state index contributed by atoms with van der Waals surface area (Å²) >= 11 is 0. The number of rotatable bonds is 9. The van der Waals surface area contributed by atoms with Crippen LogP contribution in [0.5, 0.6) is 0 Å². The van der Waals surface area contributed by atoms with Gasteiger partial charge in [-0.15, -0.1) is 0 Å². The molecule has 0 aromatic heterocycles. The van der Waals surface area contributed by atoms with Crippen LogP contribution in [0.15, 0.2) is 0 Å². The van der Waals surface area contributed by atoms with Crippen molar-refractivity contribution in [2.24, 2.45) is 5.92 Å². The van der Waals surface area contributed by atoms with Crippen molar-refractivity contribution >= 4 is 5.97 Å². The molecule has 0 spiro atoms. The number of ether oxygens (including phenoxy) is 1. The van der Waals surface area contributed by atoms with Gasteiger partial charge in [0.25, 0.3) is 0 Å². The quantitative estimate of drug-likeness (QED) is 0.516. The molecule has 0 saturated heterocycles. The smallest absolute Gasteiger partial charge is 0.310 e. The Kier molecular flexibility index (Phi) is 9.02. The lowest BCUT2D eigenvalue weighted by Crippen LogP contribution is -2.34. The Balaban J connectivity index is 3.69. The van der Waals surface area contributed by atoms with Crippen LogP contribution in [0.3, 0.4) is 0 Å². The Bertz CT molecular complexity index is 245. The van der Waals surface area contributed by atoms with Gasteiger partial charge in [0.15, 0.2) is 0 Å². The molecule has 0 aliphatic heterocycles. The Morgan fingerprint density at radius 3 is 2.32 bits per heavy atom. The predicted octanol–water partition coefficient (Wildman–Crippen LogP) is 2.29. The van der Waals surface area contributed by atoms with Crippen molar-refractivity contribution < 1.29 is 9.53 Å². The lowest BCUT2D eigenvalue weighted by Gasteiger charge is -2.22. The number of carbonyl (C=O) groups excluding carboxylic acids is 1. The number of hydrogen-bond acceptors (Lipinski definition) is 4. The fourth-order valence-electron chi connectivity index (χ4n) is 1.77. The molecule has 0 aromatic carbocycles. The molecule has 0 saturated carbocycles. The van der Waals surface area contributed by atoms with Gasteiger partial charge < -0.3 is 15.0 Å². The van der Waals surface area contributed by atoms with Gasteiger partial charge in [0.1, 0.15) is 5.60 Å². The van der Waals surface area contributed by atoms with Crippen LogP contribution in [0, 0.1) is 5.92 Å². The van der Waals surface area contributed by atoms with Crippen LogP contribution in [-0.2, 0) is 9.53 Å². The molecule has 19 heavy (non-hydrogen) atoms. The molecule has 0 aliphatic rings. The number of esters is 1. The molecule has 1 unspecified atom stereocenters. The summed E-state index contributed by atoms with van der Waals surface area (Å²) in [5, 5.41) is 3.33. The summed E-state index contributed by atoms with van der Waals surface area (Å²) in [6.45, 7) is 16.9. The second kappa shape index (κ2) is 9.32. The van der Waals surface area contributed by atoms with Gasteiger partial charge in [-0.05, 0) is 53.4 Å². The van der Waals surface area contributed by atoms with Crippen molar-refractivity contribution in [1.29, 1.82) is 0 Å². The zero-order chi connectivity index (χ0) is 14.9. The molecule has 0 bridgehead atoms. The highest BCUT2D eigenvalue weighted by Crippen LogP contribution is 2.10. The summed E-state index contributed by atoms with van der Waals surface area (Å²) < 4.78 is 5.34. The fourth-order valence-corrected chi connectivity index (χ4v) is 1.77. The minimum absolute atomic E-state index is 0.0901. The van der Waals surface area contributed by atoms with E-state index in [1.165, 1.54) is 0 Å². The lowest BCUT2D eigenvalue weighted by atomic mass is 10.1. The molecule has 0 amide bonds. The molecule has 4 nitrogen and oxygen atoms in total. The van der Waals surface area contributed by atoms with Gasteiger partial charge in [-0.3, -0.25) is 4.79 Å². The average Bonchev–Trinajstić information content (AvgIpc) is 2.31. The predicted molar refractivity (Wildman–Crippen MR) is 80.3 cm³/mol. The first-order chi connectivity index (χ1) is 8.80. The summed E-state index contributed by atoms with van der Waals surface area (Å²) in [7, 11) is 0. The standard InChI is InChI=1S/C15H32N2O2/c1-7-17(8-2)11-9-10-16-12-13(3)14(18)19-15(4,5)6/h13,16H,7-12H2,1-6H3. The summed E-state index contributed by atoms with van der Waals surface area (Å²) in [6.07, 6.45) is 1.11. The van der Waals surface area contributed by atoms with Crippen molar-refractivity contribution in [3.63, 3.8) is 0 Å². The number of carbonyl (C=O) groups is 1. The van der Waals surface area contributed by atoms with E-state index in [1.54, 1.807) is 0 Å². The molecule has 0 aromatic rings. The Morgan fingerprint density at radius 2 is 1.84 bits per heavy atom. The van der Waals surface area contributed by atoms with Crippen LogP contribution in [0.2, 0.25) is 0 Å². The molecular formula is C15H32N2O2. The largest absolute Gasteiger partial charge is 0.460 e. The first-order valence-electron chi connectivity index (χ1n) is 7.46. The van der Waals surface area contributed by atoms with Gasteiger partial charge in [0.2, 0.25) is 0 Å². The summed E-state index contributed by atoms with van der Waals surface area (Å²) in [5.41, 5.74) is -0.395. The lowest BCUT2D eigenvalue weighted by molar-refractivity contribution is -0.159. The zero-order valence-corrected chi connectivity index (χ0v) is 13.6. The van der Waals surface area contributed by atoms with Crippen LogP contribution >= 0.6 is 0 Å². The van der Waals surface area contributed by atoms with Gasteiger partial charge in [0, 0.05) is 6.54 Å². The molecule has 1 N–H and O–H groups in total. The highest BCUT2D eigenvalue weighted by molar-refractivity contribution is 5.72. The monoisotopic (exact) mass is 272 g/mol. The van der Waals surface area contributed by atoms with E-state index in [-0.39, 0.29) is 11.9 Å². The molecule has 0 rings (SSSR count). The molecule has 0 fully saturated rings. The first-order valence-corrected chi connectivity index (χ1v) is 7.46. The minimum Gasteiger partial charge on any atom is -0.460 e.